The van der Waals surface area contributed by atoms with Crippen molar-refractivity contribution in [3.63, 3.8) is 0 Å². The van der Waals surface area contributed by atoms with Gasteiger partial charge in [0.2, 0.25) is 0 Å². The Balaban J connectivity index is 1.96. The van der Waals surface area contributed by atoms with Crippen molar-refractivity contribution >= 4 is 32.8 Å². The summed E-state index contributed by atoms with van der Waals surface area (Å²) >= 11 is 3.53. The molecule has 0 N–H and O–H groups in total. The molecule has 0 amide bonds. The van der Waals surface area contributed by atoms with E-state index in [-0.39, 0.29) is 17.9 Å². The van der Waals surface area contributed by atoms with Crippen LogP contribution in [-0.4, -0.2) is 29.1 Å². The Hall–Kier alpha value is -2.44. The summed E-state index contributed by atoms with van der Waals surface area (Å²) in [5.41, 5.74) is 1.88. The molecule has 1 aromatic heterocycles. The third-order valence-electron chi connectivity index (χ3n) is 4.13. The summed E-state index contributed by atoms with van der Waals surface area (Å²) in [4.78, 5) is 26.0. The van der Waals surface area contributed by atoms with Gasteiger partial charge in [-0.15, -0.1) is 0 Å². The molecule has 5 nitrogen and oxygen atoms in total. The lowest BCUT2D eigenvalue weighted by atomic mass is 10.2. The molecule has 0 bridgehead atoms. The first-order valence-corrected chi connectivity index (χ1v) is 8.98. The summed E-state index contributed by atoms with van der Waals surface area (Å²) in [6.07, 6.45) is 1.75. The summed E-state index contributed by atoms with van der Waals surface area (Å²) in [5.74, 6) is -0.301. The zero-order chi connectivity index (χ0) is 18.5. The van der Waals surface area contributed by atoms with E-state index in [9.17, 15) is 9.59 Å². The molecule has 0 aliphatic rings. The molecular formula is C20H19BrN2O3. The Morgan fingerprint density at radius 3 is 2.62 bits per heavy atom. The summed E-state index contributed by atoms with van der Waals surface area (Å²) in [7, 11) is 1.38. The average molecular weight is 415 g/mol. The van der Waals surface area contributed by atoms with Crippen LogP contribution in [0.2, 0.25) is 0 Å². The van der Waals surface area contributed by atoms with E-state index >= 15 is 0 Å². The molecule has 0 aliphatic heterocycles. The molecule has 0 saturated heterocycles. The molecule has 0 saturated carbocycles. The highest BCUT2D eigenvalue weighted by Gasteiger charge is 2.14. The maximum atomic E-state index is 12.2. The van der Waals surface area contributed by atoms with Crippen LogP contribution < -0.4 is 5.43 Å². The van der Waals surface area contributed by atoms with Gasteiger partial charge in [0.15, 0.2) is 5.43 Å². The van der Waals surface area contributed by atoms with E-state index in [1.807, 2.05) is 51.9 Å². The van der Waals surface area contributed by atoms with Crippen LogP contribution in [0.1, 0.15) is 5.56 Å². The normalized spacial score (nSPS) is 11.0. The smallest absolute Gasteiger partial charge is 0.319 e. The number of hydrogen-bond donors (Lipinski definition) is 0. The van der Waals surface area contributed by atoms with E-state index in [1.54, 1.807) is 18.3 Å². The minimum Gasteiger partial charge on any atom is -0.468 e. The second-order valence-electron chi connectivity index (χ2n) is 5.98. The molecule has 26 heavy (non-hydrogen) atoms. The van der Waals surface area contributed by atoms with Gasteiger partial charge in [-0.2, -0.15) is 0 Å². The summed E-state index contributed by atoms with van der Waals surface area (Å²) in [5, 5.41) is 0.639. The van der Waals surface area contributed by atoms with Crippen molar-refractivity contribution in [3.8, 4) is 0 Å². The van der Waals surface area contributed by atoms with Crippen molar-refractivity contribution in [2.24, 2.45) is 0 Å². The van der Waals surface area contributed by atoms with Crippen molar-refractivity contribution in [2.45, 2.75) is 13.2 Å². The Kier molecular flexibility index (Phi) is 5.85. The Labute approximate surface area is 159 Å². The van der Waals surface area contributed by atoms with E-state index in [2.05, 4.69) is 15.9 Å². The van der Waals surface area contributed by atoms with Crippen LogP contribution in [0.3, 0.4) is 0 Å². The molecule has 3 rings (SSSR count). The minimum absolute atomic E-state index is 0.0277. The average Bonchev–Trinajstić information content (AvgIpc) is 2.65. The molecule has 2 aromatic carbocycles. The monoisotopic (exact) mass is 414 g/mol. The molecule has 0 aliphatic carbocycles. The Morgan fingerprint density at radius 2 is 1.88 bits per heavy atom. The zero-order valence-corrected chi connectivity index (χ0v) is 16.0. The number of methoxy groups -OCH3 is 1. The number of aromatic nitrogens is 1. The van der Waals surface area contributed by atoms with Crippen LogP contribution in [0.15, 0.2) is 70.1 Å². The second-order valence-corrected chi connectivity index (χ2v) is 6.83. The largest absolute Gasteiger partial charge is 0.468 e. The number of para-hydroxylation sites is 1. The van der Waals surface area contributed by atoms with Crippen LogP contribution >= 0.6 is 15.9 Å². The van der Waals surface area contributed by atoms with Crippen LogP contribution in [0.4, 0.5) is 0 Å². The van der Waals surface area contributed by atoms with E-state index in [1.165, 1.54) is 7.11 Å². The highest BCUT2D eigenvalue weighted by molar-refractivity contribution is 9.10. The lowest BCUT2D eigenvalue weighted by Crippen LogP contribution is -2.32. The van der Waals surface area contributed by atoms with Gasteiger partial charge in [-0.1, -0.05) is 36.4 Å². The number of halogens is 1. The fourth-order valence-electron chi connectivity index (χ4n) is 2.91. The molecule has 0 unspecified atom stereocenters. The second kappa shape index (κ2) is 8.29. The van der Waals surface area contributed by atoms with Gasteiger partial charge in [-0.25, -0.2) is 0 Å². The molecule has 1 heterocycles. The van der Waals surface area contributed by atoms with Gasteiger partial charge in [-0.05, 0) is 33.6 Å². The minimum atomic E-state index is -0.301. The fraction of sp³-hybridized carbons (Fsp3) is 0.200. The van der Waals surface area contributed by atoms with Crippen LogP contribution in [-0.2, 0) is 22.7 Å². The van der Waals surface area contributed by atoms with E-state index in [0.29, 0.717) is 18.6 Å². The molecule has 3 aromatic rings. The number of rotatable bonds is 6. The van der Waals surface area contributed by atoms with Crippen molar-refractivity contribution in [3.05, 3.63) is 81.1 Å². The van der Waals surface area contributed by atoms with Gasteiger partial charge in [0.1, 0.15) is 0 Å². The lowest BCUT2D eigenvalue weighted by Gasteiger charge is -2.24. The molecule has 0 fully saturated rings. The van der Waals surface area contributed by atoms with Crippen molar-refractivity contribution in [1.29, 1.82) is 0 Å². The topological polar surface area (TPSA) is 51.5 Å². The highest BCUT2D eigenvalue weighted by atomic mass is 79.9. The zero-order valence-electron chi connectivity index (χ0n) is 14.4. The predicted molar refractivity (Wildman–Crippen MR) is 105 cm³/mol. The molecule has 0 atom stereocenters. The van der Waals surface area contributed by atoms with Gasteiger partial charge in [0.05, 0.1) is 25.8 Å². The first-order valence-electron chi connectivity index (χ1n) is 8.19. The third kappa shape index (κ3) is 4.20. The SMILES string of the molecule is COC(=O)CN(Cc1ccccc1)Cn1ccc(=O)c2cccc(Br)c21. The van der Waals surface area contributed by atoms with Gasteiger partial charge < -0.3 is 9.30 Å². The molecule has 6 heteroatoms. The number of ether oxygens (including phenoxy) is 1. The summed E-state index contributed by atoms with van der Waals surface area (Å²) < 4.78 is 7.64. The number of fused-ring (bicyclic) bond motifs is 1. The van der Waals surface area contributed by atoms with E-state index < -0.39 is 0 Å². The van der Waals surface area contributed by atoms with Crippen LogP contribution in [0.5, 0.6) is 0 Å². The van der Waals surface area contributed by atoms with Crippen LogP contribution in [0.25, 0.3) is 10.9 Å². The van der Waals surface area contributed by atoms with Gasteiger partial charge in [0, 0.05) is 28.7 Å². The summed E-state index contributed by atoms with van der Waals surface area (Å²) in [6.45, 7) is 1.20. The first-order chi connectivity index (χ1) is 12.6. The van der Waals surface area contributed by atoms with Gasteiger partial charge in [-0.3, -0.25) is 14.5 Å². The number of esters is 1. The molecule has 134 valence electrons. The molecular weight excluding hydrogens is 396 g/mol. The fourth-order valence-corrected chi connectivity index (χ4v) is 3.50. The maximum absolute atomic E-state index is 12.2. The Morgan fingerprint density at radius 1 is 1.12 bits per heavy atom. The number of nitrogens with zero attached hydrogens (tertiary/aromatic N) is 2. The highest BCUT2D eigenvalue weighted by Crippen LogP contribution is 2.22. The standard InChI is InChI=1S/C20H19BrN2O3/c1-26-19(25)13-22(12-15-6-3-2-4-7-15)14-23-11-10-18(24)16-8-5-9-17(21)20(16)23/h2-11H,12-14H2,1H3. The quantitative estimate of drug-likeness (QED) is 0.580. The van der Waals surface area contributed by atoms with Crippen molar-refractivity contribution in [2.75, 3.05) is 13.7 Å². The van der Waals surface area contributed by atoms with Crippen LogP contribution in [0, 0.1) is 0 Å². The van der Waals surface area contributed by atoms with Gasteiger partial charge in [0.25, 0.3) is 0 Å². The Bertz CT molecular complexity index is 970. The van der Waals surface area contributed by atoms with Crippen molar-refractivity contribution < 1.29 is 9.53 Å². The van der Waals surface area contributed by atoms with E-state index in [4.69, 9.17) is 4.74 Å². The number of benzene rings is 2. The molecule has 0 spiro atoms. The third-order valence-corrected chi connectivity index (χ3v) is 4.77. The van der Waals surface area contributed by atoms with E-state index in [0.717, 1.165) is 15.6 Å². The maximum Gasteiger partial charge on any atom is 0.319 e. The lowest BCUT2D eigenvalue weighted by molar-refractivity contribution is -0.142. The van der Waals surface area contributed by atoms with Crippen molar-refractivity contribution in [1.82, 2.24) is 9.47 Å². The summed E-state index contributed by atoms with van der Waals surface area (Å²) in [6, 6.07) is 17.0. The number of carbonyl (C=O) groups excluding carboxylic acids is 1. The number of carbonyl (C=O) groups is 1. The number of hydrogen-bond acceptors (Lipinski definition) is 4. The molecule has 0 radical (unpaired) electrons. The number of pyridine rings is 1. The first kappa shape index (κ1) is 18.4. The predicted octanol–water partition coefficient (Wildman–Crippen LogP) is 3.40. The van der Waals surface area contributed by atoms with Gasteiger partial charge >= 0.3 is 5.97 Å².